The summed E-state index contributed by atoms with van der Waals surface area (Å²) >= 11 is 1.76. The first-order valence-corrected chi connectivity index (χ1v) is 4.34. The maximum atomic E-state index is 8.32. The van der Waals surface area contributed by atoms with Crippen LogP contribution in [0.15, 0.2) is 11.5 Å². The molecule has 0 spiro atoms. The van der Waals surface area contributed by atoms with Crippen molar-refractivity contribution in [1.29, 1.82) is 0 Å². The summed E-state index contributed by atoms with van der Waals surface area (Å²) in [6.07, 6.45) is 4.28. The SMILES string of the molecule is CCCCS/C=C/CO. The zero-order valence-electron chi connectivity index (χ0n) is 5.84. The Bertz CT molecular complexity index is 71.3. The van der Waals surface area contributed by atoms with E-state index in [2.05, 4.69) is 6.92 Å². The fourth-order valence-electron chi connectivity index (χ4n) is 0.407. The second-order valence-corrected chi connectivity index (χ2v) is 2.79. The van der Waals surface area contributed by atoms with Gasteiger partial charge in [0.25, 0.3) is 0 Å². The van der Waals surface area contributed by atoms with Gasteiger partial charge in [0.1, 0.15) is 0 Å². The lowest BCUT2D eigenvalue weighted by molar-refractivity contribution is 0.343. The topological polar surface area (TPSA) is 20.2 Å². The quantitative estimate of drug-likeness (QED) is 0.599. The van der Waals surface area contributed by atoms with Crippen molar-refractivity contribution in [2.75, 3.05) is 12.4 Å². The van der Waals surface area contributed by atoms with Gasteiger partial charge in [-0.25, -0.2) is 0 Å². The summed E-state index contributed by atoms with van der Waals surface area (Å²) in [6, 6.07) is 0. The van der Waals surface area contributed by atoms with Gasteiger partial charge in [0.2, 0.25) is 0 Å². The molecule has 54 valence electrons. The van der Waals surface area contributed by atoms with E-state index in [4.69, 9.17) is 5.11 Å². The lowest BCUT2D eigenvalue weighted by Crippen LogP contribution is -1.73. The zero-order valence-corrected chi connectivity index (χ0v) is 6.66. The average Bonchev–Trinajstić information content (AvgIpc) is 1.89. The van der Waals surface area contributed by atoms with E-state index >= 15 is 0 Å². The molecular formula is C7H14OS. The van der Waals surface area contributed by atoms with Gasteiger partial charge in [-0.05, 0) is 17.6 Å². The Kier molecular flexibility index (Phi) is 8.09. The molecule has 1 N–H and O–H groups in total. The Morgan fingerprint density at radius 3 is 2.89 bits per heavy atom. The van der Waals surface area contributed by atoms with Gasteiger partial charge in [0.05, 0.1) is 6.61 Å². The minimum absolute atomic E-state index is 0.166. The van der Waals surface area contributed by atoms with Gasteiger partial charge in [-0.15, -0.1) is 11.8 Å². The van der Waals surface area contributed by atoms with Crippen LogP contribution in [-0.2, 0) is 0 Å². The second kappa shape index (κ2) is 8.05. The van der Waals surface area contributed by atoms with Crippen LogP contribution in [0.1, 0.15) is 19.8 Å². The molecule has 0 aliphatic carbocycles. The Balaban J connectivity index is 2.82. The summed E-state index contributed by atoms with van der Waals surface area (Å²) in [5.41, 5.74) is 0. The van der Waals surface area contributed by atoms with Crippen molar-refractivity contribution >= 4 is 11.8 Å². The van der Waals surface area contributed by atoms with Crippen LogP contribution in [0.4, 0.5) is 0 Å². The number of thioether (sulfide) groups is 1. The molecule has 0 bridgehead atoms. The van der Waals surface area contributed by atoms with Crippen molar-refractivity contribution in [1.82, 2.24) is 0 Å². The largest absolute Gasteiger partial charge is 0.392 e. The predicted molar refractivity (Wildman–Crippen MR) is 43.6 cm³/mol. The van der Waals surface area contributed by atoms with E-state index in [0.29, 0.717) is 0 Å². The standard InChI is InChI=1S/C7H14OS/c1-2-3-6-9-7-4-5-8/h4,7-8H,2-3,5-6H2,1H3/b7-4+. The van der Waals surface area contributed by atoms with Crippen LogP contribution in [0.2, 0.25) is 0 Å². The zero-order chi connectivity index (χ0) is 6.95. The molecule has 0 atom stereocenters. The average molecular weight is 146 g/mol. The molecule has 0 fully saturated rings. The van der Waals surface area contributed by atoms with E-state index in [1.54, 1.807) is 17.8 Å². The third-order valence-corrected chi connectivity index (χ3v) is 1.82. The maximum Gasteiger partial charge on any atom is 0.0620 e. The van der Waals surface area contributed by atoms with Crippen LogP contribution < -0.4 is 0 Å². The van der Waals surface area contributed by atoms with Gasteiger partial charge < -0.3 is 5.11 Å². The predicted octanol–water partition coefficient (Wildman–Crippen LogP) is 2.03. The Morgan fingerprint density at radius 1 is 1.56 bits per heavy atom. The molecule has 0 heterocycles. The molecule has 0 unspecified atom stereocenters. The first kappa shape index (κ1) is 9.05. The molecule has 2 heteroatoms. The summed E-state index contributed by atoms with van der Waals surface area (Å²) in [4.78, 5) is 0. The first-order chi connectivity index (χ1) is 4.41. The van der Waals surface area contributed by atoms with Gasteiger partial charge in [-0.2, -0.15) is 0 Å². The van der Waals surface area contributed by atoms with Crippen molar-refractivity contribution in [2.45, 2.75) is 19.8 Å². The third kappa shape index (κ3) is 8.05. The molecule has 0 aliphatic rings. The molecule has 0 rings (SSSR count). The number of rotatable bonds is 5. The van der Waals surface area contributed by atoms with Crippen molar-refractivity contribution in [2.24, 2.45) is 0 Å². The lowest BCUT2D eigenvalue weighted by atomic mass is 10.4. The normalized spacial score (nSPS) is 10.9. The summed E-state index contributed by atoms with van der Waals surface area (Å²) in [7, 11) is 0. The smallest absolute Gasteiger partial charge is 0.0620 e. The molecule has 0 radical (unpaired) electrons. The second-order valence-electron chi connectivity index (χ2n) is 1.78. The highest BCUT2D eigenvalue weighted by molar-refractivity contribution is 8.02. The van der Waals surface area contributed by atoms with Crippen LogP contribution >= 0.6 is 11.8 Å². The number of aliphatic hydroxyl groups excluding tert-OH is 1. The van der Waals surface area contributed by atoms with E-state index in [0.717, 1.165) is 0 Å². The highest BCUT2D eigenvalue weighted by Gasteiger charge is 1.79. The van der Waals surface area contributed by atoms with Gasteiger partial charge in [0, 0.05) is 0 Å². The Labute approximate surface area is 61.2 Å². The monoisotopic (exact) mass is 146 g/mol. The minimum atomic E-state index is 0.166. The summed E-state index contributed by atoms with van der Waals surface area (Å²) in [5, 5.41) is 10.3. The van der Waals surface area contributed by atoms with E-state index in [9.17, 15) is 0 Å². The van der Waals surface area contributed by atoms with Crippen molar-refractivity contribution < 1.29 is 5.11 Å². The van der Waals surface area contributed by atoms with Gasteiger partial charge >= 0.3 is 0 Å². The highest BCUT2D eigenvalue weighted by Crippen LogP contribution is 2.04. The highest BCUT2D eigenvalue weighted by atomic mass is 32.2. The maximum absolute atomic E-state index is 8.32. The van der Waals surface area contributed by atoms with Crippen molar-refractivity contribution in [3.05, 3.63) is 11.5 Å². The molecule has 0 saturated heterocycles. The third-order valence-electron chi connectivity index (χ3n) is 0.914. The first-order valence-electron chi connectivity index (χ1n) is 3.29. The molecule has 0 saturated carbocycles. The fourth-order valence-corrected chi connectivity index (χ4v) is 1.22. The minimum Gasteiger partial charge on any atom is -0.392 e. The molecule has 1 nitrogen and oxygen atoms in total. The van der Waals surface area contributed by atoms with Gasteiger partial charge in [-0.3, -0.25) is 0 Å². The molecule has 0 aromatic heterocycles. The van der Waals surface area contributed by atoms with Crippen molar-refractivity contribution in [3.63, 3.8) is 0 Å². The molecule has 9 heavy (non-hydrogen) atoms. The van der Waals surface area contributed by atoms with Crippen LogP contribution in [0.25, 0.3) is 0 Å². The Hall–Kier alpha value is 0.0500. The molecular weight excluding hydrogens is 132 g/mol. The summed E-state index contributed by atoms with van der Waals surface area (Å²) in [5.74, 6) is 1.17. The number of aliphatic hydroxyl groups is 1. The number of unbranched alkanes of at least 4 members (excludes halogenated alkanes) is 1. The summed E-state index contributed by atoms with van der Waals surface area (Å²) in [6.45, 7) is 2.34. The summed E-state index contributed by atoms with van der Waals surface area (Å²) < 4.78 is 0. The van der Waals surface area contributed by atoms with E-state index < -0.39 is 0 Å². The van der Waals surface area contributed by atoms with E-state index in [1.807, 2.05) is 5.41 Å². The molecule has 0 aromatic rings. The van der Waals surface area contributed by atoms with E-state index in [-0.39, 0.29) is 6.61 Å². The number of hydrogen-bond donors (Lipinski definition) is 1. The fraction of sp³-hybridized carbons (Fsp3) is 0.714. The van der Waals surface area contributed by atoms with Crippen LogP contribution in [-0.4, -0.2) is 17.5 Å². The van der Waals surface area contributed by atoms with Gasteiger partial charge in [0.15, 0.2) is 0 Å². The van der Waals surface area contributed by atoms with Crippen molar-refractivity contribution in [3.8, 4) is 0 Å². The van der Waals surface area contributed by atoms with Crippen LogP contribution in [0.5, 0.6) is 0 Å². The van der Waals surface area contributed by atoms with Gasteiger partial charge in [-0.1, -0.05) is 19.4 Å². The number of hydrogen-bond acceptors (Lipinski definition) is 2. The van der Waals surface area contributed by atoms with E-state index in [1.165, 1.54) is 18.6 Å². The van der Waals surface area contributed by atoms with Crippen LogP contribution in [0.3, 0.4) is 0 Å². The molecule has 0 aliphatic heterocycles. The Morgan fingerprint density at radius 2 is 2.33 bits per heavy atom. The lowest BCUT2D eigenvalue weighted by Gasteiger charge is -1.89. The molecule has 0 amide bonds. The van der Waals surface area contributed by atoms with Crippen LogP contribution in [0, 0.1) is 0 Å². The molecule has 0 aromatic carbocycles.